The summed E-state index contributed by atoms with van der Waals surface area (Å²) in [4.78, 5) is 14.0. The van der Waals surface area contributed by atoms with Crippen LogP contribution in [-0.4, -0.2) is 58.3 Å². The van der Waals surface area contributed by atoms with Gasteiger partial charge >= 0.3 is 5.97 Å². The summed E-state index contributed by atoms with van der Waals surface area (Å²) in [5, 5.41) is 16.0. The fourth-order valence-electron chi connectivity index (χ4n) is 2.92. The van der Waals surface area contributed by atoms with Gasteiger partial charge in [-0.1, -0.05) is 11.3 Å². The Hall–Kier alpha value is -2.48. The largest absolute Gasteiger partial charge is 0.458 e. The summed E-state index contributed by atoms with van der Waals surface area (Å²) in [7, 11) is 3.49. The molecule has 0 radical (unpaired) electrons. The maximum absolute atomic E-state index is 11.9. The molecular formula is C17H22N6O5S2. The Labute approximate surface area is 179 Å². The van der Waals surface area contributed by atoms with Crippen LogP contribution in [0.2, 0.25) is 0 Å². The molecule has 162 valence electrons. The standard InChI is InChI=1S/C17H22N6O5S2/c1-10-4-5-11-8-12(13(22-30(25)26)9-14(11)23(10)2)18-20-17-21-19-15(29-17)16(24)28-7-6-27-3/h8-10,22H,4-7H2,1-3H3,(H,25,26). The van der Waals surface area contributed by atoms with E-state index in [2.05, 4.69) is 37.0 Å². The van der Waals surface area contributed by atoms with Crippen LogP contribution in [0.5, 0.6) is 0 Å². The van der Waals surface area contributed by atoms with Crippen LogP contribution in [0.3, 0.4) is 0 Å². The number of rotatable bonds is 8. The first kappa shape index (κ1) is 22.2. The molecule has 1 aliphatic heterocycles. The molecule has 13 heteroatoms. The summed E-state index contributed by atoms with van der Waals surface area (Å²) in [6.07, 6.45) is 1.85. The van der Waals surface area contributed by atoms with Gasteiger partial charge in [0.25, 0.3) is 16.4 Å². The molecule has 2 unspecified atom stereocenters. The van der Waals surface area contributed by atoms with Crippen molar-refractivity contribution in [1.29, 1.82) is 0 Å². The smallest absolute Gasteiger partial charge is 0.369 e. The molecular weight excluding hydrogens is 432 g/mol. The van der Waals surface area contributed by atoms with Gasteiger partial charge in [-0.05, 0) is 37.5 Å². The molecule has 1 aliphatic rings. The Bertz CT molecular complexity index is 966. The number of carbonyl (C=O) groups excluding carboxylic acids is 1. The summed E-state index contributed by atoms with van der Waals surface area (Å²) in [6.45, 7) is 2.52. The number of azo groups is 1. The summed E-state index contributed by atoms with van der Waals surface area (Å²) in [6, 6.07) is 3.98. The van der Waals surface area contributed by atoms with E-state index in [-0.39, 0.29) is 23.4 Å². The fourth-order valence-corrected chi connectivity index (χ4v) is 3.83. The van der Waals surface area contributed by atoms with Crippen LogP contribution in [0.15, 0.2) is 22.4 Å². The highest BCUT2D eigenvalue weighted by molar-refractivity contribution is 7.80. The Morgan fingerprint density at radius 2 is 2.20 bits per heavy atom. The Morgan fingerprint density at radius 3 is 2.93 bits per heavy atom. The van der Waals surface area contributed by atoms with Crippen molar-refractivity contribution in [3.63, 3.8) is 0 Å². The predicted octanol–water partition coefficient (Wildman–Crippen LogP) is 3.08. The number of hydrogen-bond donors (Lipinski definition) is 2. The van der Waals surface area contributed by atoms with E-state index in [0.717, 1.165) is 35.4 Å². The van der Waals surface area contributed by atoms with Gasteiger partial charge in [0.2, 0.25) is 5.01 Å². The minimum absolute atomic E-state index is 0.0518. The molecule has 1 aromatic heterocycles. The molecule has 30 heavy (non-hydrogen) atoms. The van der Waals surface area contributed by atoms with Crippen LogP contribution in [0.4, 0.5) is 22.2 Å². The van der Waals surface area contributed by atoms with E-state index in [1.54, 1.807) is 6.07 Å². The van der Waals surface area contributed by atoms with Crippen molar-refractivity contribution in [2.24, 2.45) is 10.2 Å². The van der Waals surface area contributed by atoms with E-state index in [1.807, 2.05) is 13.1 Å². The highest BCUT2D eigenvalue weighted by atomic mass is 32.2. The lowest BCUT2D eigenvalue weighted by Crippen LogP contribution is -2.33. The number of carbonyl (C=O) groups is 1. The second kappa shape index (κ2) is 10.0. The van der Waals surface area contributed by atoms with Gasteiger partial charge in [0.15, 0.2) is 0 Å². The lowest BCUT2D eigenvalue weighted by Gasteiger charge is -2.34. The molecule has 2 aromatic rings. The third kappa shape index (κ3) is 5.36. The summed E-state index contributed by atoms with van der Waals surface area (Å²) >= 11 is -1.34. The number of esters is 1. The molecule has 2 atom stereocenters. The van der Waals surface area contributed by atoms with Gasteiger partial charge in [0.1, 0.15) is 12.3 Å². The maximum atomic E-state index is 11.9. The number of methoxy groups -OCH3 is 1. The molecule has 2 N–H and O–H groups in total. The molecule has 0 aliphatic carbocycles. The zero-order valence-corrected chi connectivity index (χ0v) is 18.3. The average Bonchev–Trinajstić information content (AvgIpc) is 3.18. The Balaban J connectivity index is 1.82. The van der Waals surface area contributed by atoms with Crippen LogP contribution in [0.25, 0.3) is 0 Å². The quantitative estimate of drug-likeness (QED) is 0.268. The number of ether oxygens (including phenoxy) is 2. The molecule has 0 saturated heterocycles. The molecule has 0 saturated carbocycles. The molecule has 3 rings (SSSR count). The number of hydrogen-bond acceptors (Lipinski definition) is 10. The number of fused-ring (bicyclic) bond motifs is 1. The second-order valence-electron chi connectivity index (χ2n) is 6.57. The monoisotopic (exact) mass is 454 g/mol. The minimum Gasteiger partial charge on any atom is -0.458 e. The maximum Gasteiger partial charge on any atom is 0.369 e. The zero-order valence-electron chi connectivity index (χ0n) is 16.7. The molecule has 0 spiro atoms. The van der Waals surface area contributed by atoms with Crippen LogP contribution in [0.1, 0.15) is 28.7 Å². The van der Waals surface area contributed by atoms with Gasteiger partial charge in [-0.15, -0.1) is 20.4 Å². The van der Waals surface area contributed by atoms with E-state index in [4.69, 9.17) is 9.47 Å². The highest BCUT2D eigenvalue weighted by Crippen LogP contribution is 2.38. The number of nitrogens with zero attached hydrogens (tertiary/aromatic N) is 5. The molecule has 0 fully saturated rings. The first-order valence-corrected chi connectivity index (χ1v) is 11.0. The van der Waals surface area contributed by atoms with Gasteiger partial charge in [0.05, 0.1) is 12.3 Å². The third-order valence-corrected chi connectivity index (χ3v) is 5.80. The Morgan fingerprint density at radius 1 is 1.40 bits per heavy atom. The number of nitrogens with one attached hydrogen (secondary N) is 1. The van der Waals surface area contributed by atoms with E-state index in [1.165, 1.54) is 7.11 Å². The fraction of sp³-hybridized carbons (Fsp3) is 0.471. The molecule has 0 bridgehead atoms. The lowest BCUT2D eigenvalue weighted by atomic mass is 9.96. The summed E-state index contributed by atoms with van der Waals surface area (Å²) in [5.74, 6) is -0.616. The van der Waals surface area contributed by atoms with Gasteiger partial charge in [-0.2, -0.15) is 0 Å². The lowest BCUT2D eigenvalue weighted by molar-refractivity contribution is 0.0387. The topological polar surface area (TPSA) is 139 Å². The normalized spacial score (nSPS) is 17.1. The first-order chi connectivity index (χ1) is 14.4. The summed E-state index contributed by atoms with van der Waals surface area (Å²) < 4.78 is 32.9. The van der Waals surface area contributed by atoms with Gasteiger partial charge in [0, 0.05) is 25.9 Å². The Kier molecular flexibility index (Phi) is 7.42. The number of anilines is 2. The van der Waals surface area contributed by atoms with Crippen molar-refractivity contribution >= 4 is 50.8 Å². The highest BCUT2D eigenvalue weighted by Gasteiger charge is 2.22. The predicted molar refractivity (Wildman–Crippen MR) is 113 cm³/mol. The molecule has 11 nitrogen and oxygen atoms in total. The number of benzene rings is 1. The van der Waals surface area contributed by atoms with Crippen molar-refractivity contribution in [3.05, 3.63) is 22.7 Å². The zero-order chi connectivity index (χ0) is 21.7. The van der Waals surface area contributed by atoms with Crippen molar-refractivity contribution in [1.82, 2.24) is 10.2 Å². The van der Waals surface area contributed by atoms with E-state index < -0.39 is 17.2 Å². The average molecular weight is 455 g/mol. The SMILES string of the molecule is COCCOC(=O)c1nnc(N=Nc2cc3c(cc2NS(=O)O)N(C)C(C)CC3)s1. The van der Waals surface area contributed by atoms with Gasteiger partial charge in [-0.3, -0.25) is 9.27 Å². The van der Waals surface area contributed by atoms with E-state index >= 15 is 0 Å². The van der Waals surface area contributed by atoms with Crippen LogP contribution < -0.4 is 9.62 Å². The minimum atomic E-state index is -2.27. The first-order valence-electron chi connectivity index (χ1n) is 9.07. The van der Waals surface area contributed by atoms with Gasteiger partial charge < -0.3 is 14.4 Å². The van der Waals surface area contributed by atoms with E-state index in [0.29, 0.717) is 17.4 Å². The van der Waals surface area contributed by atoms with Gasteiger partial charge in [-0.25, -0.2) is 9.00 Å². The van der Waals surface area contributed by atoms with Crippen LogP contribution in [0, 0.1) is 0 Å². The van der Waals surface area contributed by atoms with Crippen molar-refractivity contribution < 1.29 is 23.0 Å². The van der Waals surface area contributed by atoms with Crippen LogP contribution >= 0.6 is 11.3 Å². The van der Waals surface area contributed by atoms with Crippen molar-refractivity contribution in [2.45, 2.75) is 25.8 Å². The molecule has 2 heterocycles. The van der Waals surface area contributed by atoms with Crippen molar-refractivity contribution in [2.75, 3.05) is 37.0 Å². The number of aromatic nitrogens is 2. The second-order valence-corrected chi connectivity index (χ2v) is 8.22. The number of aryl methyl sites for hydroxylation is 1. The van der Waals surface area contributed by atoms with Crippen LogP contribution in [-0.2, 0) is 27.2 Å². The van der Waals surface area contributed by atoms with Crippen molar-refractivity contribution in [3.8, 4) is 0 Å². The molecule has 0 amide bonds. The third-order valence-electron chi connectivity index (χ3n) is 4.62. The molecule has 1 aromatic carbocycles. The van der Waals surface area contributed by atoms with E-state index in [9.17, 15) is 13.6 Å². The summed E-state index contributed by atoms with van der Waals surface area (Å²) in [5.41, 5.74) is 2.79.